The number of hydrogen-bond acceptors (Lipinski definition) is 5. The molecule has 6 nitrogen and oxygen atoms in total. The summed E-state index contributed by atoms with van der Waals surface area (Å²) in [4.78, 5) is 2.00. The number of sulfonamides is 1. The van der Waals surface area contributed by atoms with Crippen LogP contribution < -0.4 is 14.4 Å². The van der Waals surface area contributed by atoms with Gasteiger partial charge in [-0.3, -0.25) is 4.72 Å². The second-order valence-electron chi connectivity index (χ2n) is 5.17. The van der Waals surface area contributed by atoms with Gasteiger partial charge in [-0.15, -0.1) is 0 Å². The van der Waals surface area contributed by atoms with Crippen LogP contribution in [-0.4, -0.2) is 33.7 Å². The molecule has 23 heavy (non-hydrogen) atoms. The van der Waals surface area contributed by atoms with E-state index in [9.17, 15) is 13.5 Å². The van der Waals surface area contributed by atoms with Gasteiger partial charge >= 0.3 is 0 Å². The normalized spacial score (nSPS) is 14.1. The summed E-state index contributed by atoms with van der Waals surface area (Å²) in [5.74, 6) is 0.444. The minimum Gasteiger partial charge on any atom is -0.506 e. The van der Waals surface area contributed by atoms with Crippen LogP contribution in [0.2, 0.25) is 5.02 Å². The van der Waals surface area contributed by atoms with Gasteiger partial charge in [-0.05, 0) is 36.4 Å². The van der Waals surface area contributed by atoms with Crippen molar-refractivity contribution in [1.82, 2.24) is 0 Å². The number of hydrogen-bond donors (Lipinski definition) is 2. The highest BCUT2D eigenvalue weighted by Crippen LogP contribution is 2.34. The Morgan fingerprint density at radius 3 is 2.83 bits per heavy atom. The third-order valence-electron chi connectivity index (χ3n) is 3.54. The average Bonchev–Trinajstić information content (AvgIpc) is 2.51. The molecule has 122 valence electrons. The Bertz CT molecular complexity index is 855. The lowest BCUT2D eigenvalue weighted by Crippen LogP contribution is -2.29. The molecule has 2 aromatic rings. The van der Waals surface area contributed by atoms with Gasteiger partial charge in [-0.2, -0.15) is 0 Å². The third-order valence-corrected chi connectivity index (χ3v) is 5.14. The van der Waals surface area contributed by atoms with Crippen molar-refractivity contribution in [2.75, 3.05) is 29.8 Å². The van der Waals surface area contributed by atoms with Gasteiger partial charge in [-0.1, -0.05) is 11.6 Å². The number of likely N-dealkylation sites (N-methyl/N-ethyl adjacent to an activating group) is 1. The zero-order chi connectivity index (χ0) is 16.6. The van der Waals surface area contributed by atoms with Gasteiger partial charge in [0.2, 0.25) is 0 Å². The van der Waals surface area contributed by atoms with Crippen molar-refractivity contribution in [1.29, 1.82) is 0 Å². The van der Waals surface area contributed by atoms with Crippen LogP contribution in [-0.2, 0) is 10.0 Å². The maximum atomic E-state index is 12.5. The van der Waals surface area contributed by atoms with Crippen molar-refractivity contribution < 1.29 is 18.3 Å². The molecule has 1 heterocycles. The number of aromatic hydroxyl groups is 1. The molecule has 1 aliphatic rings. The van der Waals surface area contributed by atoms with E-state index in [1.165, 1.54) is 24.3 Å². The minimum atomic E-state index is -3.86. The third kappa shape index (κ3) is 3.16. The lowest BCUT2D eigenvalue weighted by atomic mass is 10.2. The second kappa shape index (κ2) is 5.82. The molecule has 0 saturated heterocycles. The van der Waals surface area contributed by atoms with E-state index in [0.29, 0.717) is 29.6 Å². The van der Waals surface area contributed by atoms with Crippen LogP contribution in [0.1, 0.15) is 0 Å². The lowest BCUT2D eigenvalue weighted by molar-refractivity contribution is 0.311. The van der Waals surface area contributed by atoms with E-state index < -0.39 is 10.0 Å². The molecular formula is C15H15ClN2O4S. The van der Waals surface area contributed by atoms with Crippen LogP contribution in [0.15, 0.2) is 41.3 Å². The molecule has 2 N–H and O–H groups in total. The Hall–Kier alpha value is -2.12. The Morgan fingerprint density at radius 1 is 1.26 bits per heavy atom. The monoisotopic (exact) mass is 354 g/mol. The standard InChI is InChI=1S/C15H15ClN2O4S/c1-18-6-7-22-15-5-3-11(9-13(15)18)23(20,21)17-12-8-10(16)2-4-14(12)19/h2-5,8-9,17,19H,6-7H2,1H3. The number of phenolic OH excluding ortho intramolecular Hbond substituents is 1. The molecule has 0 radical (unpaired) electrons. The number of rotatable bonds is 3. The number of nitrogens with one attached hydrogen (secondary N) is 1. The molecule has 0 aromatic heterocycles. The number of anilines is 2. The summed E-state index contributed by atoms with van der Waals surface area (Å²) < 4.78 is 32.9. The first-order valence-corrected chi connectivity index (χ1v) is 8.72. The van der Waals surface area contributed by atoms with E-state index in [-0.39, 0.29) is 16.3 Å². The van der Waals surface area contributed by atoms with Crippen LogP contribution >= 0.6 is 11.6 Å². The zero-order valence-corrected chi connectivity index (χ0v) is 13.9. The number of fused-ring (bicyclic) bond motifs is 1. The Labute approximate surface area is 139 Å². The van der Waals surface area contributed by atoms with E-state index in [1.54, 1.807) is 12.1 Å². The van der Waals surface area contributed by atoms with E-state index in [4.69, 9.17) is 16.3 Å². The fourth-order valence-electron chi connectivity index (χ4n) is 2.29. The van der Waals surface area contributed by atoms with Gasteiger partial charge in [0.05, 0.1) is 22.8 Å². The van der Waals surface area contributed by atoms with Crippen molar-refractivity contribution in [2.45, 2.75) is 4.90 Å². The van der Waals surface area contributed by atoms with Crippen molar-refractivity contribution in [3.63, 3.8) is 0 Å². The molecular weight excluding hydrogens is 340 g/mol. The summed E-state index contributed by atoms with van der Waals surface area (Å²) in [6.45, 7) is 1.24. The van der Waals surface area contributed by atoms with Crippen LogP contribution in [0.3, 0.4) is 0 Å². The second-order valence-corrected chi connectivity index (χ2v) is 7.29. The molecule has 1 aliphatic heterocycles. The van der Waals surface area contributed by atoms with Gasteiger partial charge in [0.25, 0.3) is 10.0 Å². The molecule has 2 aromatic carbocycles. The van der Waals surface area contributed by atoms with Crippen LogP contribution in [0.5, 0.6) is 11.5 Å². The van der Waals surface area contributed by atoms with Crippen molar-refractivity contribution in [3.05, 3.63) is 41.4 Å². The number of nitrogens with zero attached hydrogens (tertiary/aromatic N) is 1. The number of halogens is 1. The number of ether oxygens (including phenoxy) is 1. The van der Waals surface area contributed by atoms with E-state index in [2.05, 4.69) is 4.72 Å². The van der Waals surface area contributed by atoms with E-state index in [1.807, 2.05) is 11.9 Å². The molecule has 0 aliphatic carbocycles. The topological polar surface area (TPSA) is 78.9 Å². The Kier molecular flexibility index (Phi) is 3.99. The molecule has 0 unspecified atom stereocenters. The molecule has 0 saturated carbocycles. The van der Waals surface area contributed by atoms with Crippen LogP contribution in [0, 0.1) is 0 Å². The lowest BCUT2D eigenvalue weighted by Gasteiger charge is -2.28. The SMILES string of the molecule is CN1CCOc2ccc(S(=O)(=O)Nc3cc(Cl)ccc3O)cc21. The number of phenols is 1. The molecule has 0 spiro atoms. The Morgan fingerprint density at radius 2 is 2.04 bits per heavy atom. The molecule has 3 rings (SSSR count). The van der Waals surface area contributed by atoms with E-state index >= 15 is 0 Å². The zero-order valence-electron chi connectivity index (χ0n) is 12.3. The molecule has 0 fully saturated rings. The smallest absolute Gasteiger partial charge is 0.262 e. The van der Waals surface area contributed by atoms with Gasteiger partial charge in [0.1, 0.15) is 18.1 Å². The van der Waals surface area contributed by atoms with Gasteiger partial charge in [0, 0.05) is 12.1 Å². The molecule has 0 bridgehead atoms. The largest absolute Gasteiger partial charge is 0.506 e. The van der Waals surface area contributed by atoms with Crippen LogP contribution in [0.25, 0.3) is 0 Å². The predicted molar refractivity (Wildman–Crippen MR) is 89.1 cm³/mol. The summed E-state index contributed by atoms with van der Waals surface area (Å²) in [6.07, 6.45) is 0. The average molecular weight is 355 g/mol. The molecule has 0 atom stereocenters. The summed E-state index contributed by atoms with van der Waals surface area (Å²) in [7, 11) is -1.99. The van der Waals surface area contributed by atoms with Crippen molar-refractivity contribution in [2.24, 2.45) is 0 Å². The maximum Gasteiger partial charge on any atom is 0.262 e. The summed E-state index contributed by atoms with van der Waals surface area (Å²) in [6, 6.07) is 8.77. The summed E-state index contributed by atoms with van der Waals surface area (Å²) in [5.41, 5.74) is 0.731. The van der Waals surface area contributed by atoms with E-state index in [0.717, 1.165) is 0 Å². The summed E-state index contributed by atoms with van der Waals surface area (Å²) >= 11 is 5.84. The Balaban J connectivity index is 1.97. The maximum absolute atomic E-state index is 12.5. The minimum absolute atomic E-state index is 0.0276. The van der Waals surface area contributed by atoms with Crippen molar-refractivity contribution >= 4 is 33.0 Å². The first kappa shape index (κ1) is 15.8. The quantitative estimate of drug-likeness (QED) is 0.828. The first-order chi connectivity index (χ1) is 10.9. The highest BCUT2D eigenvalue weighted by atomic mass is 35.5. The highest BCUT2D eigenvalue weighted by molar-refractivity contribution is 7.92. The van der Waals surface area contributed by atoms with Gasteiger partial charge in [0.15, 0.2) is 0 Å². The van der Waals surface area contributed by atoms with Gasteiger partial charge in [-0.25, -0.2) is 8.42 Å². The van der Waals surface area contributed by atoms with Crippen LogP contribution in [0.4, 0.5) is 11.4 Å². The van der Waals surface area contributed by atoms with Gasteiger partial charge < -0.3 is 14.7 Å². The fourth-order valence-corrected chi connectivity index (χ4v) is 3.55. The predicted octanol–water partition coefficient (Wildman–Crippen LogP) is 2.67. The van der Waals surface area contributed by atoms with Crippen molar-refractivity contribution in [3.8, 4) is 11.5 Å². The number of benzene rings is 2. The molecule has 8 heteroatoms. The molecule has 0 amide bonds. The highest BCUT2D eigenvalue weighted by Gasteiger charge is 2.21. The summed E-state index contributed by atoms with van der Waals surface area (Å²) in [5, 5.41) is 10.1. The fraction of sp³-hybridized carbons (Fsp3) is 0.200. The first-order valence-electron chi connectivity index (χ1n) is 6.86.